The van der Waals surface area contributed by atoms with Crippen molar-refractivity contribution in [3.63, 3.8) is 0 Å². The molecule has 1 atom stereocenters. The van der Waals surface area contributed by atoms with E-state index in [-0.39, 0.29) is 17.7 Å². The molecule has 2 aromatic heterocycles. The van der Waals surface area contributed by atoms with Gasteiger partial charge in [-0.1, -0.05) is 0 Å². The third kappa shape index (κ3) is 4.38. The molecule has 0 bridgehead atoms. The minimum atomic E-state index is -4.40. The predicted molar refractivity (Wildman–Crippen MR) is 105 cm³/mol. The molecule has 0 saturated carbocycles. The number of likely N-dealkylation sites (tertiary alicyclic amines) is 1. The summed E-state index contributed by atoms with van der Waals surface area (Å²) in [5.74, 6) is 0.252. The first-order valence-electron chi connectivity index (χ1n) is 9.22. The number of halogens is 4. The summed E-state index contributed by atoms with van der Waals surface area (Å²) in [6, 6.07) is 6.28. The van der Waals surface area contributed by atoms with Gasteiger partial charge in [-0.15, -0.1) is 10.2 Å². The molecule has 1 aliphatic heterocycles. The van der Waals surface area contributed by atoms with Crippen LogP contribution in [0.3, 0.4) is 0 Å². The fourth-order valence-corrected chi connectivity index (χ4v) is 3.76. The minimum Gasteiger partial charge on any atom is -0.420 e. The van der Waals surface area contributed by atoms with Crippen LogP contribution in [0.15, 0.2) is 51.6 Å². The van der Waals surface area contributed by atoms with Gasteiger partial charge in [0.25, 0.3) is 5.91 Å². The topological polar surface area (TPSA) is 72.1 Å². The zero-order valence-electron chi connectivity index (χ0n) is 15.6. The van der Waals surface area contributed by atoms with E-state index < -0.39 is 11.7 Å². The van der Waals surface area contributed by atoms with Crippen LogP contribution in [0.1, 0.15) is 40.6 Å². The number of amides is 1. The van der Waals surface area contributed by atoms with Crippen LogP contribution in [0, 0.1) is 0 Å². The van der Waals surface area contributed by atoms with Crippen LogP contribution in [0.2, 0.25) is 0 Å². The van der Waals surface area contributed by atoms with E-state index in [1.165, 1.54) is 18.3 Å². The first-order chi connectivity index (χ1) is 14.3. The number of nitrogens with zero attached hydrogens (tertiary/aromatic N) is 4. The molecule has 6 nitrogen and oxygen atoms in total. The highest BCUT2D eigenvalue weighted by molar-refractivity contribution is 9.10. The van der Waals surface area contributed by atoms with Crippen molar-refractivity contribution in [1.29, 1.82) is 0 Å². The van der Waals surface area contributed by atoms with Gasteiger partial charge in [-0.2, -0.15) is 13.2 Å². The van der Waals surface area contributed by atoms with Crippen molar-refractivity contribution >= 4 is 21.8 Å². The first-order valence-corrected chi connectivity index (χ1v) is 10.0. The Labute approximate surface area is 178 Å². The van der Waals surface area contributed by atoms with Crippen molar-refractivity contribution < 1.29 is 22.4 Å². The van der Waals surface area contributed by atoms with E-state index in [0.29, 0.717) is 30.1 Å². The molecular formula is C20H16BrF3N4O2. The highest BCUT2D eigenvalue weighted by Crippen LogP contribution is 2.32. The monoisotopic (exact) mass is 480 g/mol. The largest absolute Gasteiger partial charge is 0.420 e. The van der Waals surface area contributed by atoms with Gasteiger partial charge >= 0.3 is 6.18 Å². The Morgan fingerprint density at radius 2 is 1.93 bits per heavy atom. The van der Waals surface area contributed by atoms with E-state index in [0.717, 1.165) is 29.4 Å². The Morgan fingerprint density at radius 1 is 1.17 bits per heavy atom. The molecule has 10 heteroatoms. The number of benzene rings is 1. The van der Waals surface area contributed by atoms with E-state index in [1.54, 1.807) is 17.2 Å². The summed E-state index contributed by atoms with van der Waals surface area (Å²) >= 11 is 3.31. The summed E-state index contributed by atoms with van der Waals surface area (Å²) < 4.78 is 44.6. The predicted octanol–water partition coefficient (Wildman–Crippen LogP) is 4.93. The van der Waals surface area contributed by atoms with E-state index >= 15 is 0 Å². The summed E-state index contributed by atoms with van der Waals surface area (Å²) in [5.41, 5.74) is 0.154. The molecule has 30 heavy (non-hydrogen) atoms. The lowest BCUT2D eigenvalue weighted by Gasteiger charge is -2.31. The number of carbonyl (C=O) groups is 1. The summed E-state index contributed by atoms with van der Waals surface area (Å²) in [6.07, 6.45) is 0.272. The smallest absolute Gasteiger partial charge is 0.416 e. The minimum absolute atomic E-state index is 0.129. The Balaban J connectivity index is 1.48. The molecule has 1 aromatic carbocycles. The van der Waals surface area contributed by atoms with Gasteiger partial charge in [0.2, 0.25) is 11.8 Å². The molecule has 1 unspecified atom stereocenters. The molecule has 3 aromatic rings. The standard InChI is InChI=1S/C20H16BrF3N4O2/c21-16-8-14(9-25-10-16)19(29)28-7-1-2-13(11-28)18-27-26-17(30-18)12-3-5-15(6-4-12)20(22,23)24/h3-6,8-10,13H,1-2,7,11H2. The van der Waals surface area contributed by atoms with E-state index in [4.69, 9.17) is 4.42 Å². The number of alkyl halides is 3. The number of rotatable bonds is 3. The Kier molecular flexibility index (Phi) is 5.59. The molecule has 4 rings (SSSR count). The molecule has 0 N–H and O–H groups in total. The summed E-state index contributed by atoms with van der Waals surface area (Å²) in [4.78, 5) is 18.5. The maximum absolute atomic E-state index is 12.8. The number of piperidine rings is 1. The maximum Gasteiger partial charge on any atom is 0.416 e. The molecule has 1 fully saturated rings. The van der Waals surface area contributed by atoms with Crippen LogP contribution < -0.4 is 0 Å². The van der Waals surface area contributed by atoms with Gasteiger partial charge in [-0.3, -0.25) is 9.78 Å². The second-order valence-electron chi connectivity index (χ2n) is 7.00. The maximum atomic E-state index is 12.8. The highest BCUT2D eigenvalue weighted by Gasteiger charge is 2.31. The van der Waals surface area contributed by atoms with Gasteiger partial charge < -0.3 is 9.32 Å². The number of pyridine rings is 1. The first kappa shape index (κ1) is 20.5. The second-order valence-corrected chi connectivity index (χ2v) is 7.92. The molecule has 1 saturated heterocycles. The Bertz CT molecular complexity index is 1050. The van der Waals surface area contributed by atoms with Gasteiger partial charge in [0.1, 0.15) is 0 Å². The van der Waals surface area contributed by atoms with E-state index in [9.17, 15) is 18.0 Å². The quantitative estimate of drug-likeness (QED) is 0.531. The van der Waals surface area contributed by atoms with Crippen LogP contribution in [0.4, 0.5) is 13.2 Å². The van der Waals surface area contributed by atoms with Crippen LogP contribution in [-0.2, 0) is 6.18 Å². The fourth-order valence-electron chi connectivity index (χ4n) is 3.39. The molecule has 3 heterocycles. The van der Waals surface area contributed by atoms with Crippen molar-refractivity contribution in [3.05, 3.63) is 64.2 Å². The third-order valence-electron chi connectivity index (χ3n) is 4.91. The average molecular weight is 481 g/mol. The van der Waals surface area contributed by atoms with Crippen LogP contribution >= 0.6 is 15.9 Å². The lowest BCUT2D eigenvalue weighted by molar-refractivity contribution is -0.137. The number of aromatic nitrogens is 3. The number of carbonyl (C=O) groups excluding carboxylic acids is 1. The van der Waals surface area contributed by atoms with E-state index in [2.05, 4.69) is 31.1 Å². The summed E-state index contributed by atoms with van der Waals surface area (Å²) in [5, 5.41) is 8.05. The molecule has 1 amide bonds. The van der Waals surface area contributed by atoms with Crippen molar-refractivity contribution in [2.45, 2.75) is 24.9 Å². The zero-order chi connectivity index (χ0) is 21.3. The lowest BCUT2D eigenvalue weighted by atomic mass is 9.97. The molecule has 1 aliphatic rings. The SMILES string of the molecule is O=C(c1cncc(Br)c1)N1CCCC(c2nnc(-c3ccc(C(F)(F)F)cc3)o2)C1. The third-order valence-corrected chi connectivity index (χ3v) is 5.34. The second kappa shape index (κ2) is 8.17. The van der Waals surface area contributed by atoms with Crippen LogP contribution in [-0.4, -0.2) is 39.1 Å². The normalized spacial score (nSPS) is 17.2. The number of hydrogen-bond acceptors (Lipinski definition) is 5. The van der Waals surface area contributed by atoms with Crippen molar-refractivity contribution in [2.75, 3.05) is 13.1 Å². The Morgan fingerprint density at radius 3 is 2.63 bits per heavy atom. The van der Waals surface area contributed by atoms with Crippen LogP contribution in [0.25, 0.3) is 11.5 Å². The van der Waals surface area contributed by atoms with Gasteiger partial charge in [-0.25, -0.2) is 0 Å². The van der Waals surface area contributed by atoms with Gasteiger partial charge in [-0.05, 0) is 59.1 Å². The van der Waals surface area contributed by atoms with E-state index in [1.807, 2.05) is 0 Å². The Hall–Kier alpha value is -2.75. The lowest BCUT2D eigenvalue weighted by Crippen LogP contribution is -2.39. The number of hydrogen-bond donors (Lipinski definition) is 0. The highest BCUT2D eigenvalue weighted by atomic mass is 79.9. The van der Waals surface area contributed by atoms with Gasteiger partial charge in [0.05, 0.1) is 17.0 Å². The molecule has 0 aliphatic carbocycles. The van der Waals surface area contributed by atoms with Crippen molar-refractivity contribution in [2.24, 2.45) is 0 Å². The van der Waals surface area contributed by atoms with Crippen LogP contribution in [0.5, 0.6) is 0 Å². The fraction of sp³-hybridized carbons (Fsp3) is 0.300. The van der Waals surface area contributed by atoms with Crippen molar-refractivity contribution in [1.82, 2.24) is 20.1 Å². The zero-order valence-corrected chi connectivity index (χ0v) is 17.2. The van der Waals surface area contributed by atoms with Gasteiger partial charge in [0.15, 0.2) is 0 Å². The van der Waals surface area contributed by atoms with Crippen molar-refractivity contribution in [3.8, 4) is 11.5 Å². The molecular weight excluding hydrogens is 465 g/mol. The molecule has 0 radical (unpaired) electrons. The van der Waals surface area contributed by atoms with Gasteiger partial charge in [0, 0.05) is 35.5 Å². The summed E-state index contributed by atoms with van der Waals surface area (Å²) in [6.45, 7) is 1.03. The molecule has 0 spiro atoms. The average Bonchev–Trinajstić information content (AvgIpc) is 3.23. The summed E-state index contributed by atoms with van der Waals surface area (Å²) in [7, 11) is 0. The molecule has 156 valence electrons.